The molecule has 1 aliphatic carbocycles. The molecule has 2 N–H and O–H groups in total. The van der Waals surface area contributed by atoms with Crippen LogP contribution in [0.25, 0.3) is 0 Å². The van der Waals surface area contributed by atoms with E-state index in [9.17, 15) is 9.90 Å². The molecule has 3 unspecified atom stereocenters. The van der Waals surface area contributed by atoms with Crippen LogP contribution in [0.4, 0.5) is 0 Å². The van der Waals surface area contributed by atoms with Gasteiger partial charge in [-0.1, -0.05) is 12.8 Å². The lowest BCUT2D eigenvalue weighted by Crippen LogP contribution is -2.50. The van der Waals surface area contributed by atoms with Crippen molar-refractivity contribution in [3.63, 3.8) is 0 Å². The lowest BCUT2D eigenvalue weighted by Gasteiger charge is -2.34. The number of nitrogens with one attached hydrogen (secondary N) is 1. The van der Waals surface area contributed by atoms with Gasteiger partial charge in [0.1, 0.15) is 5.54 Å². The van der Waals surface area contributed by atoms with Crippen molar-refractivity contribution in [1.82, 2.24) is 10.2 Å². The lowest BCUT2D eigenvalue weighted by molar-refractivity contribution is -0.144. The molecule has 1 saturated carbocycles. The summed E-state index contributed by atoms with van der Waals surface area (Å²) in [4.78, 5) is 13.8. The van der Waals surface area contributed by atoms with Crippen LogP contribution in [0.2, 0.25) is 0 Å². The maximum absolute atomic E-state index is 11.3. The number of rotatable bonds is 5. The third kappa shape index (κ3) is 2.69. The van der Waals surface area contributed by atoms with E-state index < -0.39 is 11.5 Å². The van der Waals surface area contributed by atoms with Crippen LogP contribution < -0.4 is 5.32 Å². The van der Waals surface area contributed by atoms with E-state index in [2.05, 4.69) is 10.2 Å². The molecule has 0 bridgehead atoms. The van der Waals surface area contributed by atoms with Crippen LogP contribution in [0, 0.1) is 5.92 Å². The zero-order valence-electron chi connectivity index (χ0n) is 11.6. The minimum Gasteiger partial charge on any atom is -0.480 e. The summed E-state index contributed by atoms with van der Waals surface area (Å²) in [5.41, 5.74) is -0.785. The molecule has 104 valence electrons. The Balaban J connectivity index is 1.88. The highest BCUT2D eigenvalue weighted by atomic mass is 16.4. The van der Waals surface area contributed by atoms with Crippen molar-refractivity contribution in [2.45, 2.75) is 57.0 Å². The van der Waals surface area contributed by atoms with Gasteiger partial charge in [0.15, 0.2) is 0 Å². The summed E-state index contributed by atoms with van der Waals surface area (Å²) in [6, 6.07) is 0.730. The van der Waals surface area contributed by atoms with Crippen LogP contribution in [-0.4, -0.2) is 47.7 Å². The summed E-state index contributed by atoms with van der Waals surface area (Å²) in [5, 5.41) is 12.2. The molecule has 0 spiro atoms. The van der Waals surface area contributed by atoms with Crippen molar-refractivity contribution in [3.05, 3.63) is 0 Å². The monoisotopic (exact) mass is 254 g/mol. The van der Waals surface area contributed by atoms with E-state index in [4.69, 9.17) is 0 Å². The second-order valence-electron chi connectivity index (χ2n) is 6.07. The van der Waals surface area contributed by atoms with Gasteiger partial charge in [0.05, 0.1) is 0 Å². The highest BCUT2D eigenvalue weighted by Crippen LogP contribution is 2.36. The zero-order chi connectivity index (χ0) is 13.2. The number of fused-ring (bicyclic) bond motifs is 1. The standard InChI is InChI=1S/C14H26N2O2/c1-14(15-2,13(17)18)8-10-16-9-7-11-5-3-4-6-12(11)16/h11-12,15H,3-10H2,1-2H3,(H,17,18). The van der Waals surface area contributed by atoms with Crippen molar-refractivity contribution in [3.8, 4) is 0 Å². The van der Waals surface area contributed by atoms with Gasteiger partial charge in [-0.25, -0.2) is 0 Å². The SMILES string of the molecule is CNC(C)(CCN1CCC2CCCCC21)C(=O)O. The molecular formula is C14H26N2O2. The number of carboxylic acid groups (broad SMARTS) is 1. The summed E-state index contributed by atoms with van der Waals surface area (Å²) < 4.78 is 0. The predicted octanol–water partition coefficient (Wildman–Crippen LogP) is 1.70. The fourth-order valence-corrected chi connectivity index (χ4v) is 3.49. The van der Waals surface area contributed by atoms with Crippen LogP contribution in [0.15, 0.2) is 0 Å². The van der Waals surface area contributed by atoms with Gasteiger partial charge < -0.3 is 15.3 Å². The Morgan fingerprint density at radius 3 is 2.78 bits per heavy atom. The van der Waals surface area contributed by atoms with E-state index in [1.807, 2.05) is 0 Å². The quantitative estimate of drug-likeness (QED) is 0.784. The Bertz CT molecular complexity index is 308. The second-order valence-corrected chi connectivity index (χ2v) is 6.07. The maximum atomic E-state index is 11.3. The fourth-order valence-electron chi connectivity index (χ4n) is 3.49. The third-order valence-corrected chi connectivity index (χ3v) is 5.05. The van der Waals surface area contributed by atoms with Crippen LogP contribution in [0.5, 0.6) is 0 Å². The molecule has 4 heteroatoms. The van der Waals surface area contributed by atoms with Crippen molar-refractivity contribution in [1.29, 1.82) is 0 Å². The molecule has 0 aromatic carbocycles. The minimum atomic E-state index is -0.785. The Morgan fingerprint density at radius 2 is 2.11 bits per heavy atom. The molecule has 2 aliphatic rings. The molecule has 1 saturated heterocycles. The Kier molecular flexibility index (Phi) is 4.28. The fraction of sp³-hybridized carbons (Fsp3) is 0.929. The van der Waals surface area contributed by atoms with Crippen LogP contribution in [0.1, 0.15) is 45.4 Å². The van der Waals surface area contributed by atoms with Crippen molar-refractivity contribution >= 4 is 5.97 Å². The van der Waals surface area contributed by atoms with Crippen molar-refractivity contribution in [2.75, 3.05) is 20.1 Å². The van der Waals surface area contributed by atoms with E-state index in [-0.39, 0.29) is 0 Å². The summed E-state index contributed by atoms with van der Waals surface area (Å²) in [7, 11) is 1.74. The number of likely N-dealkylation sites (N-methyl/N-ethyl adjacent to an activating group) is 1. The van der Waals surface area contributed by atoms with Crippen LogP contribution in [-0.2, 0) is 4.79 Å². The number of hydrogen-bond acceptors (Lipinski definition) is 3. The molecule has 1 heterocycles. The molecule has 18 heavy (non-hydrogen) atoms. The number of carboxylic acids is 1. The van der Waals surface area contributed by atoms with Crippen molar-refractivity contribution in [2.24, 2.45) is 5.92 Å². The number of hydrogen-bond donors (Lipinski definition) is 2. The molecular weight excluding hydrogens is 228 g/mol. The topological polar surface area (TPSA) is 52.6 Å². The molecule has 0 aromatic rings. The molecule has 1 aliphatic heterocycles. The van der Waals surface area contributed by atoms with Crippen LogP contribution in [0.3, 0.4) is 0 Å². The smallest absolute Gasteiger partial charge is 0.323 e. The minimum absolute atomic E-state index is 0.683. The normalized spacial score (nSPS) is 31.9. The molecule has 2 fully saturated rings. The zero-order valence-corrected chi connectivity index (χ0v) is 11.6. The van der Waals surface area contributed by atoms with Crippen LogP contribution >= 0.6 is 0 Å². The summed E-state index contributed by atoms with van der Waals surface area (Å²) >= 11 is 0. The first-order valence-electron chi connectivity index (χ1n) is 7.23. The van der Waals surface area contributed by atoms with E-state index in [0.717, 1.165) is 25.0 Å². The molecule has 0 aromatic heterocycles. The maximum Gasteiger partial charge on any atom is 0.323 e. The van der Waals surface area contributed by atoms with Gasteiger partial charge in [0.2, 0.25) is 0 Å². The number of carbonyl (C=O) groups is 1. The highest BCUT2D eigenvalue weighted by Gasteiger charge is 2.38. The molecule has 0 radical (unpaired) electrons. The Labute approximate surface area is 110 Å². The lowest BCUT2D eigenvalue weighted by atomic mass is 9.85. The first-order valence-corrected chi connectivity index (χ1v) is 7.23. The van der Waals surface area contributed by atoms with E-state index >= 15 is 0 Å². The Hall–Kier alpha value is -0.610. The highest BCUT2D eigenvalue weighted by molar-refractivity contribution is 5.78. The average molecular weight is 254 g/mol. The summed E-state index contributed by atoms with van der Waals surface area (Å²) in [6.45, 7) is 3.85. The van der Waals surface area contributed by atoms with Crippen molar-refractivity contribution < 1.29 is 9.90 Å². The molecule has 0 amide bonds. The molecule has 4 nitrogen and oxygen atoms in total. The predicted molar refractivity (Wildman–Crippen MR) is 71.7 cm³/mol. The van der Waals surface area contributed by atoms with Gasteiger partial charge in [0.25, 0.3) is 0 Å². The van der Waals surface area contributed by atoms with Gasteiger partial charge in [-0.3, -0.25) is 4.79 Å². The number of nitrogens with zero attached hydrogens (tertiary/aromatic N) is 1. The molecule has 2 rings (SSSR count). The number of likely N-dealkylation sites (tertiary alicyclic amines) is 1. The molecule has 3 atom stereocenters. The average Bonchev–Trinajstić information content (AvgIpc) is 2.79. The van der Waals surface area contributed by atoms with Gasteiger partial charge in [0, 0.05) is 12.6 Å². The first-order chi connectivity index (χ1) is 8.57. The third-order valence-electron chi connectivity index (χ3n) is 5.05. The van der Waals surface area contributed by atoms with Gasteiger partial charge in [-0.2, -0.15) is 0 Å². The number of aliphatic carboxylic acids is 1. The van der Waals surface area contributed by atoms with Gasteiger partial charge >= 0.3 is 5.97 Å². The Morgan fingerprint density at radius 1 is 1.39 bits per heavy atom. The van der Waals surface area contributed by atoms with Gasteiger partial charge in [-0.05, 0) is 52.1 Å². The first kappa shape index (κ1) is 13.8. The largest absolute Gasteiger partial charge is 0.480 e. The van der Waals surface area contributed by atoms with Gasteiger partial charge in [-0.15, -0.1) is 0 Å². The van der Waals surface area contributed by atoms with E-state index in [1.165, 1.54) is 32.1 Å². The summed E-state index contributed by atoms with van der Waals surface area (Å²) in [5.74, 6) is 0.133. The summed E-state index contributed by atoms with van der Waals surface area (Å²) in [6.07, 6.45) is 7.42. The van der Waals surface area contributed by atoms with E-state index in [0.29, 0.717) is 6.42 Å². The van der Waals surface area contributed by atoms with E-state index in [1.54, 1.807) is 14.0 Å². The second kappa shape index (κ2) is 5.57.